The smallest absolute Gasteiger partial charge is 0.264 e. The number of ether oxygens (including phenoxy) is 2. The second-order valence-corrected chi connectivity index (χ2v) is 6.28. The zero-order valence-corrected chi connectivity index (χ0v) is 14.1. The van der Waals surface area contributed by atoms with Crippen LogP contribution in [0.1, 0.15) is 11.7 Å². The minimum atomic E-state index is -0.762. The number of amides is 1. The number of carbonyl (C=O) groups excluding carboxylic acids is 1. The molecule has 0 radical (unpaired) electrons. The summed E-state index contributed by atoms with van der Waals surface area (Å²) in [6.45, 7) is 0.278. The van der Waals surface area contributed by atoms with E-state index in [0.717, 1.165) is 10.5 Å². The van der Waals surface area contributed by atoms with Gasteiger partial charge in [0.1, 0.15) is 6.61 Å². The van der Waals surface area contributed by atoms with Gasteiger partial charge in [-0.3, -0.25) is 4.79 Å². The first-order chi connectivity index (χ1) is 11.7. The quantitative estimate of drug-likeness (QED) is 0.815. The van der Waals surface area contributed by atoms with Crippen LogP contribution in [0.3, 0.4) is 0 Å². The molecule has 1 heterocycles. The molecule has 2 aromatic carbocycles. The number of hydrogen-bond donors (Lipinski definition) is 2. The summed E-state index contributed by atoms with van der Waals surface area (Å²) in [6, 6.07) is 14.8. The van der Waals surface area contributed by atoms with Crippen LogP contribution >= 0.6 is 11.8 Å². The standard InChI is InChI=1S/C18H19NO4S/c1-24-13-8-6-12(7-9-13)14(20)10-19-18(21)17-11-22-15-4-2-3-5-16(15)23-17/h2-9,14,17,20H,10-11H2,1H3,(H,19,21)/t14-,17+/m1/s1. The molecule has 126 valence electrons. The Kier molecular flexibility index (Phi) is 5.27. The average Bonchev–Trinajstić information content (AvgIpc) is 2.65. The number of benzene rings is 2. The van der Waals surface area contributed by atoms with Crippen LogP contribution in [0.4, 0.5) is 0 Å². The van der Waals surface area contributed by atoms with Gasteiger partial charge in [-0.05, 0) is 36.1 Å². The van der Waals surface area contributed by atoms with E-state index in [-0.39, 0.29) is 19.1 Å². The Morgan fingerprint density at radius 1 is 1.25 bits per heavy atom. The Morgan fingerprint density at radius 2 is 1.96 bits per heavy atom. The largest absolute Gasteiger partial charge is 0.485 e. The van der Waals surface area contributed by atoms with Crippen molar-refractivity contribution in [1.82, 2.24) is 5.32 Å². The van der Waals surface area contributed by atoms with E-state index >= 15 is 0 Å². The lowest BCUT2D eigenvalue weighted by molar-refractivity contribution is -0.130. The highest BCUT2D eigenvalue weighted by atomic mass is 32.2. The number of nitrogens with one attached hydrogen (secondary N) is 1. The normalized spacial score (nSPS) is 17.2. The number of hydrogen-bond acceptors (Lipinski definition) is 5. The summed E-state index contributed by atoms with van der Waals surface area (Å²) in [7, 11) is 0. The first kappa shape index (κ1) is 16.7. The molecule has 24 heavy (non-hydrogen) atoms. The van der Waals surface area contributed by atoms with Crippen molar-refractivity contribution in [2.45, 2.75) is 17.1 Å². The van der Waals surface area contributed by atoms with Crippen LogP contribution < -0.4 is 14.8 Å². The highest BCUT2D eigenvalue weighted by Gasteiger charge is 2.27. The van der Waals surface area contributed by atoms with Gasteiger partial charge in [-0.1, -0.05) is 24.3 Å². The Morgan fingerprint density at radius 3 is 2.67 bits per heavy atom. The predicted octanol–water partition coefficient (Wildman–Crippen LogP) is 2.40. The van der Waals surface area contributed by atoms with Gasteiger partial charge in [0.15, 0.2) is 11.5 Å². The van der Waals surface area contributed by atoms with Gasteiger partial charge < -0.3 is 19.9 Å². The van der Waals surface area contributed by atoms with Crippen molar-refractivity contribution in [1.29, 1.82) is 0 Å². The SMILES string of the molecule is CSc1ccc([C@H](O)CNC(=O)[C@@H]2COc3ccccc3O2)cc1. The summed E-state index contributed by atoms with van der Waals surface area (Å²) in [5.41, 5.74) is 0.763. The maximum Gasteiger partial charge on any atom is 0.264 e. The minimum Gasteiger partial charge on any atom is -0.485 e. The van der Waals surface area contributed by atoms with Gasteiger partial charge >= 0.3 is 0 Å². The van der Waals surface area contributed by atoms with Gasteiger partial charge in [0.05, 0.1) is 6.10 Å². The van der Waals surface area contributed by atoms with Gasteiger partial charge in [-0.15, -0.1) is 11.8 Å². The number of aliphatic hydroxyl groups is 1. The molecule has 0 unspecified atom stereocenters. The Labute approximate surface area is 145 Å². The molecule has 0 bridgehead atoms. The predicted molar refractivity (Wildman–Crippen MR) is 92.5 cm³/mol. The van der Waals surface area contributed by atoms with Crippen molar-refractivity contribution in [3.63, 3.8) is 0 Å². The molecule has 1 aliphatic rings. The third kappa shape index (κ3) is 3.83. The van der Waals surface area contributed by atoms with Crippen LogP contribution in [0.2, 0.25) is 0 Å². The molecule has 1 amide bonds. The molecule has 0 saturated heterocycles. The molecular weight excluding hydrogens is 326 g/mol. The lowest BCUT2D eigenvalue weighted by Crippen LogP contribution is -2.45. The highest BCUT2D eigenvalue weighted by Crippen LogP contribution is 2.30. The van der Waals surface area contributed by atoms with Crippen molar-refractivity contribution in [2.75, 3.05) is 19.4 Å². The van der Waals surface area contributed by atoms with Crippen molar-refractivity contribution in [3.8, 4) is 11.5 Å². The molecule has 2 N–H and O–H groups in total. The fraction of sp³-hybridized carbons (Fsp3) is 0.278. The van der Waals surface area contributed by atoms with E-state index < -0.39 is 12.2 Å². The molecular formula is C18H19NO4S. The number of fused-ring (bicyclic) bond motifs is 1. The number of rotatable bonds is 5. The fourth-order valence-electron chi connectivity index (χ4n) is 2.40. The number of para-hydroxylation sites is 2. The van der Waals surface area contributed by atoms with Crippen molar-refractivity contribution in [3.05, 3.63) is 54.1 Å². The van der Waals surface area contributed by atoms with E-state index in [2.05, 4.69) is 5.32 Å². The van der Waals surface area contributed by atoms with Gasteiger partial charge in [-0.25, -0.2) is 0 Å². The lowest BCUT2D eigenvalue weighted by Gasteiger charge is -2.26. The van der Waals surface area contributed by atoms with Gasteiger partial charge in [0, 0.05) is 11.4 Å². The fourth-order valence-corrected chi connectivity index (χ4v) is 2.81. The van der Waals surface area contributed by atoms with E-state index in [1.54, 1.807) is 23.9 Å². The zero-order valence-electron chi connectivity index (χ0n) is 13.3. The highest BCUT2D eigenvalue weighted by molar-refractivity contribution is 7.98. The zero-order chi connectivity index (χ0) is 16.9. The van der Waals surface area contributed by atoms with Crippen molar-refractivity contribution < 1.29 is 19.4 Å². The second kappa shape index (κ2) is 7.59. The van der Waals surface area contributed by atoms with E-state index in [0.29, 0.717) is 11.5 Å². The molecule has 2 aromatic rings. The summed E-state index contributed by atoms with van der Waals surface area (Å²) >= 11 is 1.64. The molecule has 1 aliphatic heterocycles. The van der Waals surface area contributed by atoms with Crippen LogP contribution in [-0.4, -0.2) is 36.5 Å². The molecule has 2 atom stereocenters. The lowest BCUT2D eigenvalue weighted by atomic mass is 10.1. The van der Waals surface area contributed by atoms with Crippen LogP contribution in [0.5, 0.6) is 11.5 Å². The minimum absolute atomic E-state index is 0.124. The molecule has 0 aromatic heterocycles. The molecule has 0 aliphatic carbocycles. The van der Waals surface area contributed by atoms with E-state index in [1.165, 1.54) is 0 Å². The van der Waals surface area contributed by atoms with E-state index in [4.69, 9.17) is 9.47 Å². The third-order valence-electron chi connectivity index (χ3n) is 3.77. The maximum absolute atomic E-state index is 12.2. The monoisotopic (exact) mass is 345 g/mol. The first-order valence-corrected chi connectivity index (χ1v) is 8.88. The number of thioether (sulfide) groups is 1. The molecule has 0 spiro atoms. The van der Waals surface area contributed by atoms with E-state index in [9.17, 15) is 9.90 Å². The van der Waals surface area contributed by atoms with Crippen LogP contribution in [0.25, 0.3) is 0 Å². The second-order valence-electron chi connectivity index (χ2n) is 5.40. The first-order valence-electron chi connectivity index (χ1n) is 7.65. The number of carbonyl (C=O) groups is 1. The van der Waals surface area contributed by atoms with Crippen molar-refractivity contribution in [2.24, 2.45) is 0 Å². The Balaban J connectivity index is 1.53. The average molecular weight is 345 g/mol. The van der Waals surface area contributed by atoms with Crippen LogP contribution in [-0.2, 0) is 4.79 Å². The third-order valence-corrected chi connectivity index (χ3v) is 4.51. The Hall–Kier alpha value is -2.18. The molecule has 3 rings (SSSR count). The van der Waals surface area contributed by atoms with Crippen molar-refractivity contribution >= 4 is 17.7 Å². The van der Waals surface area contributed by atoms with Crippen LogP contribution in [0, 0.1) is 0 Å². The molecule has 6 heteroatoms. The summed E-state index contributed by atoms with van der Waals surface area (Å²) in [4.78, 5) is 13.3. The van der Waals surface area contributed by atoms with E-state index in [1.807, 2.05) is 42.7 Å². The van der Waals surface area contributed by atoms with Crippen LogP contribution in [0.15, 0.2) is 53.4 Å². The summed E-state index contributed by atoms with van der Waals surface area (Å²) in [5, 5.41) is 12.9. The van der Waals surface area contributed by atoms with Gasteiger partial charge in [0.25, 0.3) is 5.91 Å². The summed E-state index contributed by atoms with van der Waals surface area (Å²) < 4.78 is 11.2. The van der Waals surface area contributed by atoms with Gasteiger partial charge in [-0.2, -0.15) is 0 Å². The molecule has 5 nitrogen and oxygen atoms in total. The summed E-state index contributed by atoms with van der Waals surface area (Å²) in [5.74, 6) is 0.886. The summed E-state index contributed by atoms with van der Waals surface area (Å²) in [6.07, 6.45) is 0.517. The molecule has 0 fully saturated rings. The maximum atomic E-state index is 12.2. The Bertz CT molecular complexity index is 704. The number of aliphatic hydroxyl groups excluding tert-OH is 1. The topological polar surface area (TPSA) is 67.8 Å². The molecule has 0 saturated carbocycles. The van der Waals surface area contributed by atoms with Gasteiger partial charge in [0.2, 0.25) is 6.10 Å².